The van der Waals surface area contributed by atoms with Gasteiger partial charge in [-0.2, -0.15) is 4.31 Å². The molecule has 1 fully saturated rings. The van der Waals surface area contributed by atoms with Crippen molar-refractivity contribution in [1.29, 1.82) is 0 Å². The Bertz CT molecular complexity index is 504. The summed E-state index contributed by atoms with van der Waals surface area (Å²) in [5.74, 6) is 0.112. The molecular weight excluding hydrogens is 274 g/mol. The van der Waals surface area contributed by atoms with E-state index in [2.05, 4.69) is 4.98 Å². The largest absolute Gasteiger partial charge is 0.329 e. The average Bonchev–Trinajstić information content (AvgIpc) is 2.72. The number of sulfonamides is 1. The Morgan fingerprint density at radius 3 is 2.85 bits per heavy atom. The number of hydrogen-bond donors (Lipinski definition) is 1. The van der Waals surface area contributed by atoms with Crippen LogP contribution in [0.15, 0.2) is 24.4 Å². The van der Waals surface area contributed by atoms with E-state index < -0.39 is 10.0 Å². The Kier molecular flexibility index (Phi) is 5.51. The lowest BCUT2D eigenvalue weighted by Gasteiger charge is -2.28. The van der Waals surface area contributed by atoms with Crippen LogP contribution in [0.5, 0.6) is 0 Å². The van der Waals surface area contributed by atoms with Crippen LogP contribution in [0, 0.1) is 0 Å². The molecule has 0 saturated carbocycles. The second-order valence-corrected chi connectivity index (χ2v) is 7.28. The van der Waals surface area contributed by atoms with Crippen LogP contribution < -0.4 is 5.73 Å². The minimum absolute atomic E-state index is 0.0359. The van der Waals surface area contributed by atoms with Crippen LogP contribution in [0.4, 0.5) is 0 Å². The standard InChI is InChI=1S/C14H23N3O2S/c15-12-14-7-2-1-5-10-17(14)20(18,19)11-8-13-6-3-4-9-16-13/h3-4,6,9,14H,1-2,5,7-8,10-12,15H2. The van der Waals surface area contributed by atoms with E-state index in [0.29, 0.717) is 19.5 Å². The van der Waals surface area contributed by atoms with E-state index in [0.717, 1.165) is 31.4 Å². The highest BCUT2D eigenvalue weighted by Gasteiger charge is 2.29. The molecule has 1 unspecified atom stereocenters. The van der Waals surface area contributed by atoms with E-state index >= 15 is 0 Å². The van der Waals surface area contributed by atoms with Crippen LogP contribution in [0.1, 0.15) is 31.4 Å². The molecule has 6 heteroatoms. The van der Waals surface area contributed by atoms with Crippen molar-refractivity contribution >= 4 is 10.0 Å². The summed E-state index contributed by atoms with van der Waals surface area (Å²) in [7, 11) is -3.25. The highest BCUT2D eigenvalue weighted by atomic mass is 32.2. The van der Waals surface area contributed by atoms with Crippen molar-refractivity contribution in [3.8, 4) is 0 Å². The predicted octanol–water partition coefficient (Wildman–Crippen LogP) is 1.16. The van der Waals surface area contributed by atoms with E-state index in [1.54, 1.807) is 10.5 Å². The third-order valence-electron chi connectivity index (χ3n) is 3.79. The molecule has 5 nitrogen and oxygen atoms in total. The third-order valence-corrected chi connectivity index (χ3v) is 5.71. The van der Waals surface area contributed by atoms with Crippen LogP contribution in [0.3, 0.4) is 0 Å². The molecule has 2 N–H and O–H groups in total. The normalized spacial score (nSPS) is 21.6. The molecular formula is C14H23N3O2S. The molecule has 0 radical (unpaired) electrons. The first-order chi connectivity index (χ1) is 9.63. The van der Waals surface area contributed by atoms with Gasteiger partial charge in [0.2, 0.25) is 10.0 Å². The topological polar surface area (TPSA) is 76.3 Å². The summed E-state index contributed by atoms with van der Waals surface area (Å²) >= 11 is 0. The van der Waals surface area contributed by atoms with Crippen molar-refractivity contribution in [2.75, 3.05) is 18.8 Å². The van der Waals surface area contributed by atoms with Gasteiger partial charge in [0.15, 0.2) is 0 Å². The number of nitrogens with zero attached hydrogens (tertiary/aromatic N) is 2. The number of rotatable bonds is 5. The summed E-state index contributed by atoms with van der Waals surface area (Å²) in [5.41, 5.74) is 6.56. The summed E-state index contributed by atoms with van der Waals surface area (Å²) in [6.07, 6.45) is 6.10. The summed E-state index contributed by atoms with van der Waals surface area (Å²) in [6, 6.07) is 5.53. The minimum Gasteiger partial charge on any atom is -0.329 e. The number of nitrogens with two attached hydrogens (primary N) is 1. The molecule has 2 heterocycles. The first-order valence-corrected chi connectivity index (χ1v) is 8.84. The van der Waals surface area contributed by atoms with E-state index in [1.165, 1.54) is 0 Å². The van der Waals surface area contributed by atoms with Gasteiger partial charge in [-0.05, 0) is 25.0 Å². The van der Waals surface area contributed by atoms with Gasteiger partial charge in [-0.25, -0.2) is 8.42 Å². The maximum Gasteiger partial charge on any atom is 0.214 e. The number of aryl methyl sites for hydroxylation is 1. The van der Waals surface area contributed by atoms with E-state index in [-0.39, 0.29) is 11.8 Å². The fraction of sp³-hybridized carbons (Fsp3) is 0.643. The van der Waals surface area contributed by atoms with Gasteiger partial charge in [-0.1, -0.05) is 18.9 Å². The molecule has 112 valence electrons. The van der Waals surface area contributed by atoms with E-state index in [9.17, 15) is 8.42 Å². The Labute approximate surface area is 121 Å². The molecule has 0 bridgehead atoms. The van der Waals surface area contributed by atoms with Crippen LogP contribution in [0.25, 0.3) is 0 Å². The summed E-state index contributed by atoms with van der Waals surface area (Å²) in [6.45, 7) is 1.01. The van der Waals surface area contributed by atoms with Gasteiger partial charge in [0, 0.05) is 37.4 Å². The quantitative estimate of drug-likeness (QED) is 0.884. The minimum atomic E-state index is -3.25. The van der Waals surface area contributed by atoms with Gasteiger partial charge < -0.3 is 5.73 Å². The SMILES string of the molecule is NCC1CCCCCN1S(=O)(=O)CCc1ccccn1. The highest BCUT2D eigenvalue weighted by molar-refractivity contribution is 7.89. The van der Waals surface area contributed by atoms with E-state index in [4.69, 9.17) is 5.73 Å². The fourth-order valence-corrected chi connectivity index (χ4v) is 4.40. The van der Waals surface area contributed by atoms with Crippen molar-refractivity contribution in [2.24, 2.45) is 5.73 Å². The zero-order valence-electron chi connectivity index (χ0n) is 11.7. The second-order valence-electron chi connectivity index (χ2n) is 5.24. The summed E-state index contributed by atoms with van der Waals surface area (Å²) in [4.78, 5) is 4.18. The first-order valence-electron chi connectivity index (χ1n) is 7.23. The van der Waals surface area contributed by atoms with Crippen LogP contribution in [-0.4, -0.2) is 42.6 Å². The molecule has 20 heavy (non-hydrogen) atoms. The lowest BCUT2D eigenvalue weighted by Crippen LogP contribution is -2.45. The van der Waals surface area contributed by atoms with Crippen LogP contribution in [-0.2, 0) is 16.4 Å². The second kappa shape index (κ2) is 7.15. The highest BCUT2D eigenvalue weighted by Crippen LogP contribution is 2.20. The maximum atomic E-state index is 12.5. The molecule has 0 aliphatic carbocycles. The third kappa shape index (κ3) is 4.01. The first kappa shape index (κ1) is 15.4. The van der Waals surface area contributed by atoms with Gasteiger partial charge >= 0.3 is 0 Å². The maximum absolute atomic E-state index is 12.5. The smallest absolute Gasteiger partial charge is 0.214 e. The molecule has 0 aromatic carbocycles. The Hall–Kier alpha value is -0.980. The molecule has 1 aliphatic heterocycles. The Morgan fingerprint density at radius 2 is 2.15 bits per heavy atom. The molecule has 1 aromatic heterocycles. The lowest BCUT2D eigenvalue weighted by molar-refractivity contribution is 0.328. The average molecular weight is 297 g/mol. The molecule has 1 aromatic rings. The van der Waals surface area contributed by atoms with Gasteiger partial charge in [0.1, 0.15) is 0 Å². The van der Waals surface area contributed by atoms with Crippen LogP contribution >= 0.6 is 0 Å². The molecule has 1 saturated heterocycles. The van der Waals surface area contributed by atoms with Crippen molar-refractivity contribution in [3.05, 3.63) is 30.1 Å². The molecule has 2 rings (SSSR count). The van der Waals surface area contributed by atoms with Crippen molar-refractivity contribution in [2.45, 2.75) is 38.1 Å². The molecule has 1 atom stereocenters. The molecule has 1 aliphatic rings. The van der Waals surface area contributed by atoms with Gasteiger partial charge in [0.25, 0.3) is 0 Å². The van der Waals surface area contributed by atoms with Gasteiger partial charge in [-0.15, -0.1) is 0 Å². The van der Waals surface area contributed by atoms with Crippen molar-refractivity contribution in [1.82, 2.24) is 9.29 Å². The molecule has 0 amide bonds. The summed E-state index contributed by atoms with van der Waals surface area (Å²) < 4.78 is 26.7. The summed E-state index contributed by atoms with van der Waals surface area (Å²) in [5, 5.41) is 0. The van der Waals surface area contributed by atoms with E-state index in [1.807, 2.05) is 18.2 Å². The zero-order valence-corrected chi connectivity index (χ0v) is 12.6. The lowest BCUT2D eigenvalue weighted by atomic mass is 10.1. The molecule has 0 spiro atoms. The van der Waals surface area contributed by atoms with Crippen molar-refractivity contribution < 1.29 is 8.42 Å². The van der Waals surface area contributed by atoms with Gasteiger partial charge in [0.05, 0.1) is 5.75 Å². The van der Waals surface area contributed by atoms with Crippen molar-refractivity contribution in [3.63, 3.8) is 0 Å². The van der Waals surface area contributed by atoms with Crippen LogP contribution in [0.2, 0.25) is 0 Å². The Morgan fingerprint density at radius 1 is 1.30 bits per heavy atom. The Balaban J connectivity index is 2.04. The van der Waals surface area contributed by atoms with Gasteiger partial charge in [-0.3, -0.25) is 4.98 Å². The number of aromatic nitrogens is 1. The monoisotopic (exact) mass is 297 g/mol. The number of hydrogen-bond acceptors (Lipinski definition) is 4. The fourth-order valence-electron chi connectivity index (χ4n) is 2.65. The predicted molar refractivity (Wildman–Crippen MR) is 79.7 cm³/mol. The number of pyridine rings is 1. The zero-order chi connectivity index (χ0) is 14.4.